The Kier molecular flexibility index (Phi) is 5.98. The van der Waals surface area contributed by atoms with Gasteiger partial charge in [0.25, 0.3) is 0 Å². The molecule has 0 aliphatic carbocycles. The molecule has 0 fully saturated rings. The number of hydrogen-bond acceptors (Lipinski definition) is 4. The Morgan fingerprint density at radius 1 is 0.935 bits per heavy atom. The van der Waals surface area contributed by atoms with E-state index >= 15 is 0 Å². The van der Waals surface area contributed by atoms with Gasteiger partial charge in [-0.05, 0) is 60.7 Å². The first-order valence-corrected chi connectivity index (χ1v) is 9.33. The summed E-state index contributed by atoms with van der Waals surface area (Å²) in [5.41, 5.74) is 6.33. The summed E-state index contributed by atoms with van der Waals surface area (Å²) in [4.78, 5) is 0. The molecule has 0 aliphatic heterocycles. The van der Waals surface area contributed by atoms with Gasteiger partial charge in [0, 0.05) is 17.3 Å². The molecule has 5 nitrogen and oxygen atoms in total. The number of hydrogen-bond donors (Lipinski definition) is 1. The maximum Gasteiger partial charge on any atom is 0.387 e. The lowest BCUT2D eigenvalue weighted by atomic mass is 10.1. The zero-order chi connectivity index (χ0) is 21.6. The maximum atomic E-state index is 13.0. The zero-order valence-electron chi connectivity index (χ0n) is 16.1. The first-order valence-electron chi connectivity index (χ1n) is 9.33. The van der Waals surface area contributed by atoms with Gasteiger partial charge in [-0.1, -0.05) is 18.2 Å². The van der Waals surface area contributed by atoms with Crippen LogP contribution in [0.3, 0.4) is 0 Å². The number of anilines is 1. The van der Waals surface area contributed by atoms with Crippen molar-refractivity contribution in [2.24, 2.45) is 5.10 Å². The van der Waals surface area contributed by atoms with Crippen LogP contribution >= 0.6 is 0 Å². The minimum atomic E-state index is -2.89. The van der Waals surface area contributed by atoms with Gasteiger partial charge in [0.1, 0.15) is 17.3 Å². The fourth-order valence-electron chi connectivity index (χ4n) is 2.91. The first-order chi connectivity index (χ1) is 15.1. The van der Waals surface area contributed by atoms with Gasteiger partial charge >= 0.3 is 6.61 Å². The molecule has 0 aliphatic rings. The molecule has 31 heavy (non-hydrogen) atoms. The molecule has 0 amide bonds. The Morgan fingerprint density at radius 3 is 2.32 bits per heavy atom. The van der Waals surface area contributed by atoms with Crippen molar-refractivity contribution in [1.29, 1.82) is 0 Å². The summed E-state index contributed by atoms with van der Waals surface area (Å²) < 4.78 is 44.0. The van der Waals surface area contributed by atoms with E-state index < -0.39 is 6.61 Å². The molecule has 3 aromatic carbocycles. The SMILES string of the molecule is Fc1ccc(N/N=C/c2cn(-c3ccccc3)nc2-c2ccc(OC(F)F)cc2)cc1. The Morgan fingerprint density at radius 2 is 1.65 bits per heavy atom. The highest BCUT2D eigenvalue weighted by molar-refractivity contribution is 5.89. The number of hydrazone groups is 1. The predicted molar refractivity (Wildman–Crippen MR) is 113 cm³/mol. The molecule has 1 aromatic heterocycles. The van der Waals surface area contributed by atoms with Gasteiger partial charge in [0.15, 0.2) is 0 Å². The van der Waals surface area contributed by atoms with Crippen LogP contribution in [0.25, 0.3) is 16.9 Å². The van der Waals surface area contributed by atoms with Crippen LogP contribution in [0.2, 0.25) is 0 Å². The molecule has 0 radical (unpaired) electrons. The monoisotopic (exact) mass is 422 g/mol. The van der Waals surface area contributed by atoms with Crippen molar-refractivity contribution in [3.05, 3.63) is 96.4 Å². The van der Waals surface area contributed by atoms with Crippen LogP contribution in [0.15, 0.2) is 90.2 Å². The van der Waals surface area contributed by atoms with Gasteiger partial charge < -0.3 is 4.74 Å². The lowest BCUT2D eigenvalue weighted by Crippen LogP contribution is -2.01. The van der Waals surface area contributed by atoms with E-state index in [0.717, 1.165) is 5.69 Å². The Labute approximate surface area is 176 Å². The number of para-hydroxylation sites is 1. The zero-order valence-corrected chi connectivity index (χ0v) is 16.1. The quantitative estimate of drug-likeness (QED) is 0.306. The lowest BCUT2D eigenvalue weighted by Gasteiger charge is -2.05. The van der Waals surface area contributed by atoms with Crippen molar-refractivity contribution >= 4 is 11.9 Å². The number of alkyl halides is 2. The molecule has 0 atom stereocenters. The van der Waals surface area contributed by atoms with Crippen LogP contribution < -0.4 is 10.2 Å². The number of benzene rings is 3. The minimum Gasteiger partial charge on any atom is -0.435 e. The second-order valence-corrected chi connectivity index (χ2v) is 6.49. The van der Waals surface area contributed by atoms with E-state index in [9.17, 15) is 13.2 Å². The number of ether oxygens (including phenoxy) is 1. The molecule has 0 saturated heterocycles. The summed E-state index contributed by atoms with van der Waals surface area (Å²) >= 11 is 0. The highest BCUT2D eigenvalue weighted by Crippen LogP contribution is 2.25. The third kappa shape index (κ3) is 5.11. The number of nitrogens with zero attached hydrogens (tertiary/aromatic N) is 3. The number of halogens is 3. The van der Waals surface area contributed by atoms with Gasteiger partial charge in [-0.2, -0.15) is 19.0 Å². The largest absolute Gasteiger partial charge is 0.435 e. The van der Waals surface area contributed by atoms with Crippen LogP contribution in [-0.2, 0) is 0 Å². The predicted octanol–water partition coefficient (Wildman–Crippen LogP) is 5.73. The molecular formula is C23H17F3N4O. The second kappa shape index (κ2) is 9.17. The molecular weight excluding hydrogens is 405 g/mol. The third-order valence-corrected chi connectivity index (χ3v) is 4.36. The number of rotatable bonds is 7. The molecule has 0 bridgehead atoms. The summed E-state index contributed by atoms with van der Waals surface area (Å²) in [6.07, 6.45) is 3.40. The number of nitrogens with one attached hydrogen (secondary N) is 1. The Balaban J connectivity index is 1.64. The van der Waals surface area contributed by atoms with Crippen LogP contribution in [0, 0.1) is 5.82 Å². The van der Waals surface area contributed by atoms with Crippen molar-refractivity contribution in [2.45, 2.75) is 6.61 Å². The van der Waals surface area contributed by atoms with E-state index in [-0.39, 0.29) is 11.6 Å². The third-order valence-electron chi connectivity index (χ3n) is 4.36. The number of aromatic nitrogens is 2. The fourth-order valence-corrected chi connectivity index (χ4v) is 2.91. The highest BCUT2D eigenvalue weighted by Gasteiger charge is 2.12. The normalized spacial score (nSPS) is 11.2. The molecule has 0 spiro atoms. The molecule has 0 saturated carbocycles. The van der Waals surface area contributed by atoms with E-state index in [1.165, 1.54) is 24.3 Å². The van der Waals surface area contributed by atoms with Crippen molar-refractivity contribution in [3.63, 3.8) is 0 Å². The van der Waals surface area contributed by atoms with Crippen molar-refractivity contribution in [2.75, 3.05) is 5.43 Å². The van der Waals surface area contributed by atoms with E-state index in [4.69, 9.17) is 0 Å². The van der Waals surface area contributed by atoms with Crippen molar-refractivity contribution in [1.82, 2.24) is 9.78 Å². The average Bonchev–Trinajstić information content (AvgIpc) is 3.20. The van der Waals surface area contributed by atoms with E-state index in [2.05, 4.69) is 20.4 Å². The topological polar surface area (TPSA) is 51.4 Å². The highest BCUT2D eigenvalue weighted by atomic mass is 19.3. The summed E-state index contributed by atoms with van der Waals surface area (Å²) in [7, 11) is 0. The Hall–Kier alpha value is -4.07. The molecule has 156 valence electrons. The molecule has 4 aromatic rings. The minimum absolute atomic E-state index is 0.0643. The van der Waals surface area contributed by atoms with Gasteiger partial charge in [-0.3, -0.25) is 5.43 Å². The summed E-state index contributed by atoms with van der Waals surface area (Å²) in [5.74, 6) is -0.269. The van der Waals surface area contributed by atoms with E-state index in [0.29, 0.717) is 22.5 Å². The molecule has 1 N–H and O–H groups in total. The van der Waals surface area contributed by atoms with Crippen molar-refractivity contribution in [3.8, 4) is 22.7 Å². The summed E-state index contributed by atoms with van der Waals surface area (Å²) in [6.45, 7) is -2.89. The van der Waals surface area contributed by atoms with Crippen LogP contribution in [-0.4, -0.2) is 22.6 Å². The summed E-state index contributed by atoms with van der Waals surface area (Å²) in [6, 6.07) is 21.6. The van der Waals surface area contributed by atoms with Crippen LogP contribution in [0.1, 0.15) is 5.56 Å². The van der Waals surface area contributed by atoms with Gasteiger partial charge in [0.2, 0.25) is 0 Å². The smallest absolute Gasteiger partial charge is 0.387 e. The molecule has 8 heteroatoms. The van der Waals surface area contributed by atoms with Crippen LogP contribution in [0.4, 0.5) is 18.9 Å². The molecule has 1 heterocycles. The maximum absolute atomic E-state index is 13.0. The van der Waals surface area contributed by atoms with Gasteiger partial charge in [0.05, 0.1) is 17.6 Å². The molecule has 0 unspecified atom stereocenters. The van der Waals surface area contributed by atoms with Crippen molar-refractivity contribution < 1.29 is 17.9 Å². The average molecular weight is 422 g/mol. The second-order valence-electron chi connectivity index (χ2n) is 6.49. The van der Waals surface area contributed by atoms with Gasteiger partial charge in [-0.15, -0.1) is 0 Å². The van der Waals surface area contributed by atoms with E-state index in [1.54, 1.807) is 35.2 Å². The lowest BCUT2D eigenvalue weighted by molar-refractivity contribution is -0.0498. The van der Waals surface area contributed by atoms with E-state index in [1.807, 2.05) is 36.5 Å². The fraction of sp³-hybridized carbons (Fsp3) is 0.0435. The molecule has 4 rings (SSSR count). The standard InChI is InChI=1S/C23H17F3N4O/c24-18-8-10-19(11-9-18)28-27-14-17-15-30(20-4-2-1-3-5-20)29-22(17)16-6-12-21(13-7-16)31-23(25)26/h1-15,23,28H/b27-14+. The van der Waals surface area contributed by atoms with Gasteiger partial charge in [-0.25, -0.2) is 9.07 Å². The summed E-state index contributed by atoms with van der Waals surface area (Å²) in [5, 5.41) is 8.85. The van der Waals surface area contributed by atoms with Crippen LogP contribution in [0.5, 0.6) is 5.75 Å². The Bertz CT molecular complexity index is 1160. The first kappa shape index (κ1) is 20.2.